The summed E-state index contributed by atoms with van der Waals surface area (Å²) in [6.07, 6.45) is 1.79. The van der Waals surface area contributed by atoms with Gasteiger partial charge < -0.3 is 10.6 Å². The van der Waals surface area contributed by atoms with E-state index in [0.717, 1.165) is 25.0 Å². The highest BCUT2D eigenvalue weighted by atomic mass is 19.1. The van der Waals surface area contributed by atoms with Crippen molar-refractivity contribution in [1.82, 2.24) is 0 Å². The smallest absolute Gasteiger partial charge is 0.255 e. The summed E-state index contributed by atoms with van der Waals surface area (Å²) in [5.74, 6) is -2.24. The topological polar surface area (TPSA) is 58.2 Å². The Morgan fingerprint density at radius 2 is 1.52 bits per heavy atom. The summed E-state index contributed by atoms with van der Waals surface area (Å²) in [7, 11) is 0. The second-order valence-electron chi connectivity index (χ2n) is 5.46. The van der Waals surface area contributed by atoms with Gasteiger partial charge in [-0.3, -0.25) is 9.59 Å². The number of hydrogen-bond acceptors (Lipinski definition) is 2. The van der Waals surface area contributed by atoms with Crippen LogP contribution < -0.4 is 10.6 Å². The summed E-state index contributed by atoms with van der Waals surface area (Å²) >= 11 is 0. The number of hydrogen-bond donors (Lipinski definition) is 2. The zero-order valence-electron chi connectivity index (χ0n) is 12.1. The molecule has 23 heavy (non-hydrogen) atoms. The first-order valence-electron chi connectivity index (χ1n) is 7.19. The van der Waals surface area contributed by atoms with Gasteiger partial charge in [0.05, 0.1) is 0 Å². The molecule has 1 saturated carbocycles. The number of carbonyl (C=O) groups excluding carboxylic acids is 2. The fraction of sp³-hybridized carbons (Fsp3) is 0.176. The molecule has 1 fully saturated rings. The maximum Gasteiger partial charge on any atom is 0.255 e. The minimum atomic E-state index is -0.819. The minimum absolute atomic E-state index is 0.0410. The lowest BCUT2D eigenvalue weighted by atomic mass is 10.2. The molecule has 2 amide bonds. The molecule has 0 bridgehead atoms. The first kappa shape index (κ1) is 15.1. The van der Waals surface area contributed by atoms with Crippen LogP contribution in [-0.2, 0) is 4.79 Å². The van der Waals surface area contributed by atoms with E-state index in [9.17, 15) is 18.4 Å². The van der Waals surface area contributed by atoms with Crippen molar-refractivity contribution in [3.8, 4) is 0 Å². The van der Waals surface area contributed by atoms with Crippen molar-refractivity contribution in [2.24, 2.45) is 5.92 Å². The van der Waals surface area contributed by atoms with E-state index in [1.54, 1.807) is 24.3 Å². The van der Waals surface area contributed by atoms with Gasteiger partial charge in [-0.15, -0.1) is 0 Å². The fourth-order valence-electron chi connectivity index (χ4n) is 2.15. The van der Waals surface area contributed by atoms with Gasteiger partial charge in [0.1, 0.15) is 11.6 Å². The quantitative estimate of drug-likeness (QED) is 0.906. The van der Waals surface area contributed by atoms with Gasteiger partial charge in [0, 0.05) is 28.9 Å². The Kier molecular flexibility index (Phi) is 4.06. The van der Waals surface area contributed by atoms with Gasteiger partial charge in [0.2, 0.25) is 5.91 Å². The van der Waals surface area contributed by atoms with Crippen LogP contribution in [0.25, 0.3) is 0 Å². The van der Waals surface area contributed by atoms with Crippen LogP contribution in [0.15, 0.2) is 42.5 Å². The normalized spacial score (nSPS) is 13.5. The first-order valence-corrected chi connectivity index (χ1v) is 7.19. The molecule has 0 aliphatic heterocycles. The van der Waals surface area contributed by atoms with Crippen LogP contribution in [0.3, 0.4) is 0 Å². The highest BCUT2D eigenvalue weighted by Crippen LogP contribution is 2.30. The van der Waals surface area contributed by atoms with E-state index < -0.39 is 17.5 Å². The molecule has 1 aliphatic carbocycles. The van der Waals surface area contributed by atoms with Crippen molar-refractivity contribution in [2.45, 2.75) is 12.8 Å². The predicted octanol–water partition coefficient (Wildman–Crippen LogP) is 3.57. The van der Waals surface area contributed by atoms with Crippen molar-refractivity contribution in [3.63, 3.8) is 0 Å². The zero-order valence-corrected chi connectivity index (χ0v) is 12.1. The third-order valence-electron chi connectivity index (χ3n) is 3.46. The van der Waals surface area contributed by atoms with Gasteiger partial charge in [0.25, 0.3) is 5.91 Å². The van der Waals surface area contributed by atoms with Gasteiger partial charge in [-0.2, -0.15) is 0 Å². The molecule has 0 unspecified atom stereocenters. The third kappa shape index (κ3) is 3.91. The van der Waals surface area contributed by atoms with Crippen molar-refractivity contribution < 1.29 is 18.4 Å². The van der Waals surface area contributed by atoms with Crippen molar-refractivity contribution in [3.05, 3.63) is 59.7 Å². The van der Waals surface area contributed by atoms with Crippen LogP contribution in [0.5, 0.6) is 0 Å². The van der Waals surface area contributed by atoms with E-state index in [4.69, 9.17) is 0 Å². The number of amides is 2. The Morgan fingerprint density at radius 3 is 2.13 bits per heavy atom. The molecule has 1 aliphatic rings. The maximum atomic E-state index is 13.1. The van der Waals surface area contributed by atoms with E-state index in [0.29, 0.717) is 17.4 Å². The third-order valence-corrected chi connectivity index (χ3v) is 3.46. The van der Waals surface area contributed by atoms with E-state index >= 15 is 0 Å². The van der Waals surface area contributed by atoms with Gasteiger partial charge >= 0.3 is 0 Å². The van der Waals surface area contributed by atoms with Gasteiger partial charge in [-0.1, -0.05) is 6.07 Å². The molecule has 0 saturated heterocycles. The largest absolute Gasteiger partial charge is 0.326 e. The Bertz CT molecular complexity index is 753. The summed E-state index contributed by atoms with van der Waals surface area (Å²) in [6, 6.07) is 9.20. The van der Waals surface area contributed by atoms with Crippen LogP contribution in [0.1, 0.15) is 23.2 Å². The standard InChI is InChI=1S/C17H14F2N2O2/c18-12-6-11(7-13(19)8-12)17(23)21-15-3-1-2-14(9-15)20-16(22)10-4-5-10/h1-3,6-10H,4-5H2,(H,20,22)(H,21,23). The SMILES string of the molecule is O=C(Nc1cccc(NC(=O)C2CC2)c1)c1cc(F)cc(F)c1. The maximum absolute atomic E-state index is 13.1. The van der Waals surface area contributed by atoms with E-state index in [1.165, 1.54) is 0 Å². The van der Waals surface area contributed by atoms with Gasteiger partial charge in [-0.25, -0.2) is 8.78 Å². The highest BCUT2D eigenvalue weighted by Gasteiger charge is 2.29. The second kappa shape index (κ2) is 6.16. The first-order chi connectivity index (χ1) is 11.0. The molecule has 0 atom stereocenters. The van der Waals surface area contributed by atoms with E-state index in [-0.39, 0.29) is 17.4 Å². The van der Waals surface area contributed by atoms with Crippen LogP contribution in [0.2, 0.25) is 0 Å². The monoisotopic (exact) mass is 316 g/mol. The molecule has 118 valence electrons. The molecule has 0 spiro atoms. The van der Waals surface area contributed by atoms with Crippen LogP contribution in [0, 0.1) is 17.6 Å². The van der Waals surface area contributed by atoms with Crippen molar-refractivity contribution in [1.29, 1.82) is 0 Å². The van der Waals surface area contributed by atoms with Gasteiger partial charge in [0.15, 0.2) is 0 Å². The van der Waals surface area contributed by atoms with E-state index in [1.807, 2.05) is 0 Å². The molecule has 0 aromatic heterocycles. The lowest BCUT2D eigenvalue weighted by molar-refractivity contribution is -0.117. The molecule has 3 rings (SSSR count). The molecule has 0 radical (unpaired) electrons. The molecule has 2 aromatic carbocycles. The van der Waals surface area contributed by atoms with Crippen molar-refractivity contribution in [2.75, 3.05) is 10.6 Å². The molecular weight excluding hydrogens is 302 g/mol. The fourth-order valence-corrected chi connectivity index (χ4v) is 2.15. The number of anilines is 2. The Labute approximate surface area is 131 Å². The Balaban J connectivity index is 1.71. The molecule has 2 aromatic rings. The van der Waals surface area contributed by atoms with Crippen LogP contribution in [0.4, 0.5) is 20.2 Å². The summed E-state index contributed by atoms with van der Waals surface area (Å²) in [6.45, 7) is 0. The summed E-state index contributed by atoms with van der Waals surface area (Å²) < 4.78 is 26.3. The minimum Gasteiger partial charge on any atom is -0.326 e. The number of nitrogens with one attached hydrogen (secondary N) is 2. The number of halogens is 2. The average Bonchev–Trinajstić information content (AvgIpc) is 3.31. The molecule has 4 nitrogen and oxygen atoms in total. The number of benzene rings is 2. The predicted molar refractivity (Wildman–Crippen MR) is 82.1 cm³/mol. The van der Waals surface area contributed by atoms with E-state index in [2.05, 4.69) is 10.6 Å². The van der Waals surface area contributed by atoms with Gasteiger partial charge in [-0.05, 0) is 43.2 Å². The molecule has 2 N–H and O–H groups in total. The number of rotatable bonds is 4. The molecule has 0 heterocycles. The molecular formula is C17H14F2N2O2. The van der Waals surface area contributed by atoms with Crippen LogP contribution in [-0.4, -0.2) is 11.8 Å². The van der Waals surface area contributed by atoms with Crippen molar-refractivity contribution >= 4 is 23.2 Å². The lowest BCUT2D eigenvalue weighted by Crippen LogP contribution is -2.15. The summed E-state index contributed by atoms with van der Waals surface area (Å²) in [4.78, 5) is 23.8. The summed E-state index contributed by atoms with van der Waals surface area (Å²) in [5.41, 5.74) is 0.869. The Morgan fingerprint density at radius 1 is 0.913 bits per heavy atom. The second-order valence-corrected chi connectivity index (χ2v) is 5.46. The zero-order chi connectivity index (χ0) is 16.4. The Hall–Kier alpha value is -2.76. The highest BCUT2D eigenvalue weighted by molar-refractivity contribution is 6.04. The molecule has 6 heteroatoms. The average molecular weight is 316 g/mol. The summed E-state index contributed by atoms with van der Waals surface area (Å²) in [5, 5.41) is 5.31. The lowest BCUT2D eigenvalue weighted by Gasteiger charge is -2.09. The van der Waals surface area contributed by atoms with Crippen LogP contribution >= 0.6 is 0 Å². The number of carbonyl (C=O) groups is 2.